The van der Waals surface area contributed by atoms with Gasteiger partial charge in [0.15, 0.2) is 11.5 Å². The fraction of sp³-hybridized carbons (Fsp3) is 0.409. The zero-order valence-electron chi connectivity index (χ0n) is 20.6. The molecule has 3 amide bonds. The van der Waals surface area contributed by atoms with Crippen LogP contribution in [0.4, 0.5) is 35.3 Å². The van der Waals surface area contributed by atoms with Gasteiger partial charge in [-0.2, -0.15) is 18.3 Å². The van der Waals surface area contributed by atoms with Crippen molar-refractivity contribution in [2.45, 2.75) is 12.2 Å². The Morgan fingerprint density at radius 2 is 2.05 bits per heavy atom. The van der Waals surface area contributed by atoms with Crippen LogP contribution < -0.4 is 15.5 Å². The number of likely N-dealkylation sites (N-methyl/N-ethyl adjacent to an activating group) is 2. The molecule has 2 N–H and O–H groups in total. The van der Waals surface area contributed by atoms with E-state index >= 15 is 0 Å². The van der Waals surface area contributed by atoms with E-state index in [2.05, 4.69) is 25.7 Å². The van der Waals surface area contributed by atoms with Gasteiger partial charge in [0.05, 0.1) is 18.8 Å². The first-order valence-corrected chi connectivity index (χ1v) is 11.2. The average Bonchev–Trinajstić information content (AvgIpc) is 3.52. The van der Waals surface area contributed by atoms with Crippen LogP contribution >= 0.6 is 0 Å². The SMILES string of the molecule is CN(C)CC1CN(c2nn(C)cc2NC(=O)c2coc(-c3ccnc(NCC(F)(F)F)c3)n2)C(=O)N1C. The Morgan fingerprint density at radius 1 is 1.30 bits per heavy atom. The number of carbonyl (C=O) groups is 2. The zero-order chi connectivity index (χ0) is 26.9. The van der Waals surface area contributed by atoms with Gasteiger partial charge in [0.2, 0.25) is 5.89 Å². The Morgan fingerprint density at radius 3 is 2.76 bits per heavy atom. The van der Waals surface area contributed by atoms with Crippen molar-refractivity contribution in [2.24, 2.45) is 7.05 Å². The number of anilines is 3. The van der Waals surface area contributed by atoms with Gasteiger partial charge >= 0.3 is 12.2 Å². The molecule has 1 saturated heterocycles. The molecule has 4 rings (SSSR count). The summed E-state index contributed by atoms with van der Waals surface area (Å²) in [6, 6.07) is 2.53. The number of nitrogens with one attached hydrogen (secondary N) is 2. The van der Waals surface area contributed by atoms with E-state index in [0.29, 0.717) is 30.2 Å². The van der Waals surface area contributed by atoms with E-state index in [1.807, 2.05) is 19.0 Å². The van der Waals surface area contributed by atoms with E-state index in [1.54, 1.807) is 25.2 Å². The summed E-state index contributed by atoms with van der Waals surface area (Å²) < 4.78 is 44.3. The van der Waals surface area contributed by atoms with Crippen LogP contribution in [0.5, 0.6) is 0 Å². The maximum absolute atomic E-state index is 12.9. The molecule has 4 heterocycles. The van der Waals surface area contributed by atoms with Crippen molar-refractivity contribution >= 4 is 29.3 Å². The Bertz CT molecular complexity index is 1290. The maximum Gasteiger partial charge on any atom is 0.405 e. The molecule has 3 aromatic heterocycles. The number of nitrogens with zero attached hydrogens (tertiary/aromatic N) is 7. The van der Waals surface area contributed by atoms with E-state index in [-0.39, 0.29) is 29.5 Å². The number of aryl methyl sites for hydroxylation is 1. The summed E-state index contributed by atoms with van der Waals surface area (Å²) in [6.07, 6.45) is -0.402. The van der Waals surface area contributed by atoms with Gasteiger partial charge in [-0.1, -0.05) is 0 Å². The molecule has 37 heavy (non-hydrogen) atoms. The van der Waals surface area contributed by atoms with E-state index in [1.165, 1.54) is 27.9 Å². The average molecular weight is 522 g/mol. The fourth-order valence-electron chi connectivity index (χ4n) is 3.85. The summed E-state index contributed by atoms with van der Waals surface area (Å²) >= 11 is 0. The van der Waals surface area contributed by atoms with Gasteiger partial charge < -0.3 is 24.9 Å². The smallest absolute Gasteiger partial charge is 0.405 e. The van der Waals surface area contributed by atoms with Crippen LogP contribution in [-0.4, -0.2) is 94.5 Å². The third-order valence-corrected chi connectivity index (χ3v) is 5.58. The van der Waals surface area contributed by atoms with Gasteiger partial charge in [-0.05, 0) is 26.2 Å². The van der Waals surface area contributed by atoms with Crippen molar-refractivity contribution in [1.29, 1.82) is 0 Å². The second kappa shape index (κ2) is 10.1. The Kier molecular flexibility index (Phi) is 7.07. The van der Waals surface area contributed by atoms with Gasteiger partial charge in [0, 0.05) is 32.4 Å². The fourth-order valence-corrected chi connectivity index (χ4v) is 3.85. The summed E-state index contributed by atoms with van der Waals surface area (Å²) in [5.41, 5.74) is 0.576. The van der Waals surface area contributed by atoms with Crippen molar-refractivity contribution in [2.75, 3.05) is 56.3 Å². The number of rotatable bonds is 8. The molecule has 0 aromatic carbocycles. The quantitative estimate of drug-likeness (QED) is 0.463. The number of aromatic nitrogens is 4. The Balaban J connectivity index is 1.49. The summed E-state index contributed by atoms with van der Waals surface area (Å²) in [5.74, 6) is -0.311. The lowest BCUT2D eigenvalue weighted by Gasteiger charge is -2.21. The summed E-state index contributed by atoms with van der Waals surface area (Å²) in [4.78, 5) is 38.9. The highest BCUT2D eigenvalue weighted by molar-refractivity contribution is 6.06. The molecule has 0 bridgehead atoms. The highest BCUT2D eigenvalue weighted by atomic mass is 19.4. The molecule has 1 fully saturated rings. The van der Waals surface area contributed by atoms with E-state index < -0.39 is 18.6 Å². The minimum atomic E-state index is -4.40. The standard InChI is InChI=1S/C22H26F3N9O3/c1-31(2)8-14-9-34(21(36)33(14)4)18-15(10-32(3)30-18)28-19(35)16-11-37-20(29-16)13-5-6-26-17(7-13)27-12-22(23,24)25/h5-7,10-11,14H,8-9,12H2,1-4H3,(H,26,27)(H,28,35). The number of hydrogen-bond donors (Lipinski definition) is 2. The van der Waals surface area contributed by atoms with Crippen LogP contribution in [0.3, 0.4) is 0 Å². The number of urea groups is 1. The lowest BCUT2D eigenvalue weighted by Crippen LogP contribution is -2.37. The second-order valence-corrected chi connectivity index (χ2v) is 8.85. The van der Waals surface area contributed by atoms with Crippen LogP contribution in [-0.2, 0) is 7.05 Å². The van der Waals surface area contributed by atoms with Crippen LogP contribution in [0.25, 0.3) is 11.5 Å². The molecule has 3 aromatic rings. The lowest BCUT2D eigenvalue weighted by atomic mass is 10.2. The number of hydrogen-bond acceptors (Lipinski definition) is 8. The third kappa shape index (κ3) is 5.99. The van der Waals surface area contributed by atoms with Gasteiger partial charge in [-0.25, -0.2) is 14.8 Å². The third-order valence-electron chi connectivity index (χ3n) is 5.58. The molecule has 15 heteroatoms. The van der Waals surface area contributed by atoms with Crippen LogP contribution in [0.2, 0.25) is 0 Å². The predicted molar refractivity (Wildman–Crippen MR) is 128 cm³/mol. The number of halogens is 3. The number of oxazole rings is 1. The first kappa shape index (κ1) is 25.9. The molecule has 1 unspecified atom stereocenters. The molecular weight excluding hydrogens is 495 g/mol. The van der Waals surface area contributed by atoms with Gasteiger partial charge in [-0.3, -0.25) is 14.4 Å². The Labute approximate surface area is 210 Å². The van der Waals surface area contributed by atoms with Crippen molar-refractivity contribution in [3.63, 3.8) is 0 Å². The highest BCUT2D eigenvalue weighted by Crippen LogP contribution is 2.30. The van der Waals surface area contributed by atoms with Gasteiger partial charge in [-0.15, -0.1) is 0 Å². The van der Waals surface area contributed by atoms with Crippen LogP contribution in [0, 0.1) is 0 Å². The summed E-state index contributed by atoms with van der Waals surface area (Å²) in [7, 11) is 7.23. The van der Waals surface area contributed by atoms with E-state index in [0.717, 1.165) is 6.26 Å². The molecule has 198 valence electrons. The van der Waals surface area contributed by atoms with Crippen molar-refractivity contribution < 1.29 is 27.2 Å². The largest absolute Gasteiger partial charge is 0.444 e. The number of carbonyl (C=O) groups excluding carboxylic acids is 2. The first-order chi connectivity index (χ1) is 17.4. The Hall–Kier alpha value is -4.14. The minimum absolute atomic E-state index is 0.0214. The predicted octanol–water partition coefficient (Wildman–Crippen LogP) is 2.50. The minimum Gasteiger partial charge on any atom is -0.444 e. The summed E-state index contributed by atoms with van der Waals surface area (Å²) in [6.45, 7) is -0.187. The highest BCUT2D eigenvalue weighted by Gasteiger charge is 2.38. The molecule has 1 aliphatic rings. The summed E-state index contributed by atoms with van der Waals surface area (Å²) in [5, 5.41) is 9.26. The maximum atomic E-state index is 12.9. The van der Waals surface area contributed by atoms with Crippen molar-refractivity contribution in [1.82, 2.24) is 29.5 Å². The normalized spacial score (nSPS) is 16.1. The van der Waals surface area contributed by atoms with Crippen LogP contribution in [0.15, 0.2) is 35.2 Å². The van der Waals surface area contributed by atoms with Gasteiger partial charge in [0.25, 0.3) is 5.91 Å². The van der Waals surface area contributed by atoms with Crippen molar-refractivity contribution in [3.8, 4) is 11.5 Å². The topological polar surface area (TPSA) is 125 Å². The zero-order valence-corrected chi connectivity index (χ0v) is 20.6. The molecule has 0 saturated carbocycles. The van der Waals surface area contributed by atoms with E-state index in [9.17, 15) is 22.8 Å². The second-order valence-electron chi connectivity index (χ2n) is 8.85. The molecule has 0 radical (unpaired) electrons. The number of alkyl halides is 3. The molecule has 1 aliphatic heterocycles. The number of pyridine rings is 1. The molecular formula is C22H26F3N9O3. The molecule has 12 nitrogen and oxygen atoms in total. The van der Waals surface area contributed by atoms with Crippen LogP contribution in [0.1, 0.15) is 10.5 Å². The first-order valence-electron chi connectivity index (χ1n) is 11.2. The lowest BCUT2D eigenvalue weighted by molar-refractivity contribution is -0.115. The molecule has 0 aliphatic carbocycles. The molecule has 1 atom stereocenters. The van der Waals surface area contributed by atoms with E-state index in [4.69, 9.17) is 4.42 Å². The monoisotopic (exact) mass is 521 g/mol. The van der Waals surface area contributed by atoms with Gasteiger partial charge in [0.1, 0.15) is 24.3 Å². The number of amides is 3. The molecule has 0 spiro atoms. The van der Waals surface area contributed by atoms with Crippen molar-refractivity contribution in [3.05, 3.63) is 36.5 Å².